The van der Waals surface area contributed by atoms with Crippen LogP contribution < -0.4 is 5.32 Å². The van der Waals surface area contributed by atoms with E-state index < -0.39 is 0 Å². The zero-order valence-electron chi connectivity index (χ0n) is 9.83. The average Bonchev–Trinajstić information content (AvgIpc) is 2.40. The number of amides is 2. The molecule has 0 fully saturated rings. The molecule has 1 aromatic rings. The highest BCUT2D eigenvalue weighted by Crippen LogP contribution is 2.11. The third kappa shape index (κ3) is 3.63. The minimum atomic E-state index is -0.149. The fourth-order valence-corrected chi connectivity index (χ4v) is 2.19. The van der Waals surface area contributed by atoms with Crippen molar-refractivity contribution in [2.24, 2.45) is 0 Å². The highest BCUT2D eigenvalue weighted by molar-refractivity contribution is 8.02. The Bertz CT molecular complexity index is 459. The van der Waals surface area contributed by atoms with Gasteiger partial charge in [-0.25, -0.2) is 0 Å². The van der Waals surface area contributed by atoms with Crippen LogP contribution >= 0.6 is 11.8 Å². The van der Waals surface area contributed by atoms with Gasteiger partial charge in [-0.1, -0.05) is 30.3 Å². The summed E-state index contributed by atoms with van der Waals surface area (Å²) in [5.74, 6) is 0.226. The Kier molecular flexibility index (Phi) is 4.41. The molecule has 1 aromatic carbocycles. The number of benzene rings is 1. The Morgan fingerprint density at radius 3 is 2.83 bits per heavy atom. The number of hydrogen-bond donors (Lipinski definition) is 1. The van der Waals surface area contributed by atoms with E-state index >= 15 is 0 Å². The van der Waals surface area contributed by atoms with E-state index in [0.717, 1.165) is 5.56 Å². The molecule has 1 aliphatic heterocycles. The smallest absolute Gasteiger partial charge is 0.240 e. The van der Waals surface area contributed by atoms with Crippen molar-refractivity contribution in [1.82, 2.24) is 10.2 Å². The van der Waals surface area contributed by atoms with E-state index in [2.05, 4.69) is 5.32 Å². The lowest BCUT2D eigenvalue weighted by Gasteiger charge is -2.20. The summed E-state index contributed by atoms with van der Waals surface area (Å²) in [7, 11) is 0. The molecule has 2 rings (SSSR count). The molecule has 4 nitrogen and oxygen atoms in total. The second-order valence-corrected chi connectivity index (χ2v) is 4.77. The Labute approximate surface area is 110 Å². The largest absolute Gasteiger partial charge is 0.350 e. The van der Waals surface area contributed by atoms with Gasteiger partial charge >= 0.3 is 0 Å². The van der Waals surface area contributed by atoms with Crippen molar-refractivity contribution >= 4 is 23.6 Å². The third-order valence-corrected chi connectivity index (χ3v) is 3.24. The van der Waals surface area contributed by atoms with Gasteiger partial charge in [0.05, 0.1) is 5.75 Å². The van der Waals surface area contributed by atoms with Gasteiger partial charge in [0, 0.05) is 12.7 Å². The van der Waals surface area contributed by atoms with Crippen molar-refractivity contribution in [3.8, 4) is 0 Å². The van der Waals surface area contributed by atoms with E-state index in [1.165, 1.54) is 16.7 Å². The van der Waals surface area contributed by atoms with E-state index in [-0.39, 0.29) is 18.4 Å². The van der Waals surface area contributed by atoms with Crippen LogP contribution in [0.2, 0.25) is 0 Å². The van der Waals surface area contributed by atoms with Gasteiger partial charge in [-0.2, -0.15) is 0 Å². The molecule has 1 heterocycles. The van der Waals surface area contributed by atoms with Gasteiger partial charge in [-0.05, 0) is 11.0 Å². The lowest BCUT2D eigenvalue weighted by atomic mass is 10.2. The molecule has 0 aliphatic carbocycles. The second kappa shape index (κ2) is 6.26. The maximum absolute atomic E-state index is 11.7. The number of rotatable bonds is 4. The van der Waals surface area contributed by atoms with Crippen molar-refractivity contribution in [1.29, 1.82) is 0 Å². The first-order valence-corrected chi connectivity index (χ1v) is 6.69. The van der Waals surface area contributed by atoms with Crippen molar-refractivity contribution in [3.05, 3.63) is 47.5 Å². The molecule has 5 heteroatoms. The lowest BCUT2D eigenvalue weighted by molar-refractivity contribution is -0.131. The second-order valence-electron chi connectivity index (χ2n) is 3.88. The van der Waals surface area contributed by atoms with Crippen molar-refractivity contribution in [2.45, 2.75) is 6.54 Å². The van der Waals surface area contributed by atoms with Gasteiger partial charge in [-0.15, -0.1) is 11.8 Å². The van der Waals surface area contributed by atoms with Crippen molar-refractivity contribution in [2.75, 3.05) is 12.3 Å². The predicted molar refractivity (Wildman–Crippen MR) is 71.6 cm³/mol. The molecule has 0 saturated carbocycles. The fraction of sp³-hybridized carbons (Fsp3) is 0.231. The van der Waals surface area contributed by atoms with Crippen LogP contribution in [0.25, 0.3) is 0 Å². The number of carbonyl (C=O) groups excluding carboxylic acids is 2. The molecule has 0 unspecified atom stereocenters. The van der Waals surface area contributed by atoms with E-state index in [1.807, 2.05) is 35.7 Å². The molecule has 94 valence electrons. The van der Waals surface area contributed by atoms with Crippen molar-refractivity contribution < 1.29 is 9.59 Å². The molecule has 18 heavy (non-hydrogen) atoms. The van der Waals surface area contributed by atoms with Gasteiger partial charge in [0.2, 0.25) is 11.8 Å². The summed E-state index contributed by atoms with van der Waals surface area (Å²) in [6.45, 7) is 0.572. The quantitative estimate of drug-likeness (QED) is 0.891. The summed E-state index contributed by atoms with van der Waals surface area (Å²) < 4.78 is 0. The van der Waals surface area contributed by atoms with Crippen molar-refractivity contribution in [3.63, 3.8) is 0 Å². The molecular weight excluding hydrogens is 248 g/mol. The SMILES string of the molecule is O=C(CN1C=CSCC1=O)NCc1ccccc1. The van der Waals surface area contributed by atoms with E-state index in [4.69, 9.17) is 0 Å². The van der Waals surface area contributed by atoms with Gasteiger partial charge in [-0.3, -0.25) is 9.59 Å². The molecule has 0 bridgehead atoms. The highest BCUT2D eigenvalue weighted by Gasteiger charge is 2.16. The summed E-state index contributed by atoms with van der Waals surface area (Å²) in [6.07, 6.45) is 1.65. The fourth-order valence-electron chi connectivity index (χ4n) is 1.55. The Balaban J connectivity index is 1.80. The number of hydrogen-bond acceptors (Lipinski definition) is 3. The Morgan fingerprint density at radius 2 is 2.11 bits per heavy atom. The van der Waals surface area contributed by atoms with Gasteiger partial charge in [0.15, 0.2) is 0 Å². The molecule has 1 N–H and O–H groups in total. The molecular formula is C13H14N2O2S. The van der Waals surface area contributed by atoms with Crippen LogP contribution in [-0.4, -0.2) is 29.0 Å². The topological polar surface area (TPSA) is 49.4 Å². The summed E-state index contributed by atoms with van der Waals surface area (Å²) in [5, 5.41) is 4.62. The third-order valence-electron chi connectivity index (χ3n) is 2.51. The van der Waals surface area contributed by atoms with Crippen LogP contribution in [0.1, 0.15) is 5.56 Å². The molecule has 2 amide bonds. The molecule has 0 saturated heterocycles. The lowest BCUT2D eigenvalue weighted by Crippen LogP contribution is -2.39. The summed E-state index contributed by atoms with van der Waals surface area (Å²) >= 11 is 1.44. The number of carbonyl (C=O) groups is 2. The molecule has 0 radical (unpaired) electrons. The van der Waals surface area contributed by atoms with Crippen LogP contribution in [-0.2, 0) is 16.1 Å². The molecule has 0 atom stereocenters. The molecule has 0 aromatic heterocycles. The van der Waals surface area contributed by atoms with Crippen LogP contribution in [0.5, 0.6) is 0 Å². The first-order valence-electron chi connectivity index (χ1n) is 5.64. The zero-order chi connectivity index (χ0) is 12.8. The average molecular weight is 262 g/mol. The van der Waals surface area contributed by atoms with Gasteiger partial charge in [0.25, 0.3) is 0 Å². The van der Waals surface area contributed by atoms with Crippen LogP contribution in [0, 0.1) is 0 Å². The maximum atomic E-state index is 11.7. The van der Waals surface area contributed by atoms with Crippen LogP contribution in [0.3, 0.4) is 0 Å². The molecule has 1 aliphatic rings. The minimum Gasteiger partial charge on any atom is -0.350 e. The zero-order valence-corrected chi connectivity index (χ0v) is 10.7. The Hall–Kier alpha value is -1.75. The summed E-state index contributed by atoms with van der Waals surface area (Å²) in [4.78, 5) is 24.6. The first kappa shape index (κ1) is 12.7. The predicted octanol–water partition coefficient (Wildman–Crippen LogP) is 1.35. The monoisotopic (exact) mass is 262 g/mol. The number of nitrogens with zero attached hydrogens (tertiary/aromatic N) is 1. The first-order chi connectivity index (χ1) is 8.75. The summed E-state index contributed by atoms with van der Waals surface area (Å²) in [6, 6.07) is 9.68. The van der Waals surface area contributed by atoms with Gasteiger partial charge in [0.1, 0.15) is 6.54 Å². The number of nitrogens with one attached hydrogen (secondary N) is 1. The summed E-state index contributed by atoms with van der Waals surface area (Å²) in [5.41, 5.74) is 1.04. The number of thioether (sulfide) groups is 1. The normalized spacial score (nSPS) is 14.7. The minimum absolute atomic E-state index is 0.0302. The Morgan fingerprint density at radius 1 is 1.33 bits per heavy atom. The van der Waals surface area contributed by atoms with E-state index in [1.54, 1.807) is 6.20 Å². The highest BCUT2D eigenvalue weighted by atomic mass is 32.2. The van der Waals surface area contributed by atoms with Gasteiger partial charge < -0.3 is 10.2 Å². The van der Waals surface area contributed by atoms with E-state index in [0.29, 0.717) is 12.3 Å². The van der Waals surface area contributed by atoms with Crippen LogP contribution in [0.4, 0.5) is 0 Å². The molecule has 0 spiro atoms. The van der Waals surface area contributed by atoms with Crippen LogP contribution in [0.15, 0.2) is 41.9 Å². The van der Waals surface area contributed by atoms with E-state index in [9.17, 15) is 9.59 Å². The standard InChI is InChI=1S/C13H14N2O2S/c16-12(9-15-6-7-18-10-13(15)17)14-8-11-4-2-1-3-5-11/h1-7H,8-10H2,(H,14,16). The maximum Gasteiger partial charge on any atom is 0.240 e.